The molecule has 1 atom stereocenters. The van der Waals surface area contributed by atoms with Crippen molar-refractivity contribution in [3.05, 3.63) is 29.8 Å². The number of anilines is 1. The second kappa shape index (κ2) is 5.70. The lowest BCUT2D eigenvalue weighted by molar-refractivity contribution is -0.206. The Balaban J connectivity index is 2.70. The number of ether oxygens (including phenoxy) is 1. The molecule has 1 amide bonds. The van der Waals surface area contributed by atoms with Gasteiger partial charge in [0.2, 0.25) is 0 Å². The molecule has 1 rings (SSSR count). The van der Waals surface area contributed by atoms with E-state index in [4.69, 9.17) is 9.84 Å². The number of alkyl halides is 3. The first-order chi connectivity index (χ1) is 8.99. The van der Waals surface area contributed by atoms with Crippen molar-refractivity contribution in [2.45, 2.75) is 38.7 Å². The van der Waals surface area contributed by atoms with Crippen LogP contribution < -0.4 is 5.32 Å². The third kappa shape index (κ3) is 5.08. The number of benzene rings is 1. The van der Waals surface area contributed by atoms with Crippen molar-refractivity contribution in [1.82, 2.24) is 0 Å². The van der Waals surface area contributed by atoms with Gasteiger partial charge in [0, 0.05) is 5.69 Å². The summed E-state index contributed by atoms with van der Waals surface area (Å²) in [6.07, 6.45) is -7.97. The van der Waals surface area contributed by atoms with Gasteiger partial charge in [-0.2, -0.15) is 13.2 Å². The highest BCUT2D eigenvalue weighted by Gasteiger charge is 2.39. The van der Waals surface area contributed by atoms with Crippen LogP contribution in [0.1, 0.15) is 32.4 Å². The molecule has 0 aliphatic carbocycles. The maximum atomic E-state index is 12.3. The minimum atomic E-state index is -4.72. The van der Waals surface area contributed by atoms with Crippen LogP contribution in [-0.2, 0) is 4.74 Å². The van der Waals surface area contributed by atoms with E-state index in [1.54, 1.807) is 20.8 Å². The number of nitrogens with one attached hydrogen (secondary N) is 1. The molecule has 1 aromatic rings. The van der Waals surface area contributed by atoms with Gasteiger partial charge in [-0.3, -0.25) is 5.32 Å². The molecule has 0 aliphatic heterocycles. The summed E-state index contributed by atoms with van der Waals surface area (Å²) >= 11 is 0. The minimum Gasteiger partial charge on any atom is -0.444 e. The predicted molar refractivity (Wildman–Crippen MR) is 67.3 cm³/mol. The van der Waals surface area contributed by atoms with E-state index in [-0.39, 0.29) is 11.3 Å². The first-order valence-electron chi connectivity index (χ1n) is 5.84. The van der Waals surface area contributed by atoms with E-state index in [0.717, 1.165) is 12.1 Å². The molecule has 7 heteroatoms. The average Bonchev–Trinajstić information content (AvgIpc) is 2.25. The number of halogens is 3. The van der Waals surface area contributed by atoms with Crippen LogP contribution in [0, 0.1) is 0 Å². The highest BCUT2D eigenvalue weighted by atomic mass is 19.4. The Morgan fingerprint density at radius 3 is 2.10 bits per heavy atom. The van der Waals surface area contributed by atoms with Crippen LogP contribution in [0.4, 0.5) is 23.7 Å². The van der Waals surface area contributed by atoms with Crippen molar-refractivity contribution < 1.29 is 27.8 Å². The van der Waals surface area contributed by atoms with Gasteiger partial charge < -0.3 is 9.84 Å². The number of aliphatic hydroxyl groups is 1. The van der Waals surface area contributed by atoms with E-state index in [1.165, 1.54) is 12.1 Å². The second-order valence-electron chi connectivity index (χ2n) is 5.19. The zero-order chi connectivity index (χ0) is 15.6. The van der Waals surface area contributed by atoms with E-state index in [9.17, 15) is 18.0 Å². The van der Waals surface area contributed by atoms with Gasteiger partial charge in [0.05, 0.1) is 0 Å². The Morgan fingerprint density at radius 2 is 1.70 bits per heavy atom. The summed E-state index contributed by atoms with van der Waals surface area (Å²) in [6, 6.07) is 4.69. The first kappa shape index (κ1) is 16.3. The SMILES string of the molecule is CC(C)(C)OC(=O)Nc1ccc([C@H](O)C(F)(F)F)cc1. The van der Waals surface area contributed by atoms with Gasteiger partial charge >= 0.3 is 12.3 Å². The summed E-state index contributed by atoms with van der Waals surface area (Å²) in [7, 11) is 0. The zero-order valence-electron chi connectivity index (χ0n) is 11.3. The summed E-state index contributed by atoms with van der Waals surface area (Å²) in [6.45, 7) is 5.07. The van der Waals surface area contributed by atoms with Crippen molar-refractivity contribution >= 4 is 11.8 Å². The fourth-order valence-corrected chi connectivity index (χ4v) is 1.36. The number of rotatable bonds is 2. The summed E-state index contributed by atoms with van der Waals surface area (Å²) in [5.74, 6) is 0. The number of hydrogen-bond acceptors (Lipinski definition) is 3. The molecule has 0 fully saturated rings. The first-order valence-corrected chi connectivity index (χ1v) is 5.84. The van der Waals surface area contributed by atoms with Crippen LogP contribution in [0.2, 0.25) is 0 Å². The average molecular weight is 291 g/mol. The molecule has 0 spiro atoms. The number of carbonyl (C=O) groups excluding carboxylic acids is 1. The molecular weight excluding hydrogens is 275 g/mol. The van der Waals surface area contributed by atoms with Gasteiger partial charge in [-0.15, -0.1) is 0 Å². The topological polar surface area (TPSA) is 58.6 Å². The lowest BCUT2D eigenvalue weighted by atomic mass is 10.1. The van der Waals surface area contributed by atoms with E-state index < -0.39 is 24.0 Å². The van der Waals surface area contributed by atoms with Gasteiger partial charge in [0.25, 0.3) is 0 Å². The number of amides is 1. The van der Waals surface area contributed by atoms with Gasteiger partial charge in [0.1, 0.15) is 5.60 Å². The van der Waals surface area contributed by atoms with Gasteiger partial charge in [-0.05, 0) is 38.5 Å². The maximum Gasteiger partial charge on any atom is 0.418 e. The monoisotopic (exact) mass is 291 g/mol. The molecule has 0 bridgehead atoms. The largest absolute Gasteiger partial charge is 0.444 e. The molecule has 2 N–H and O–H groups in total. The summed E-state index contributed by atoms with van der Waals surface area (Å²) in [5, 5.41) is 11.4. The van der Waals surface area contributed by atoms with Crippen LogP contribution in [0.15, 0.2) is 24.3 Å². The van der Waals surface area contributed by atoms with Crippen LogP contribution in [0.25, 0.3) is 0 Å². The fraction of sp³-hybridized carbons (Fsp3) is 0.462. The van der Waals surface area contributed by atoms with Crippen molar-refractivity contribution in [3.8, 4) is 0 Å². The van der Waals surface area contributed by atoms with Crippen molar-refractivity contribution in [1.29, 1.82) is 0 Å². The molecular formula is C13H16F3NO3. The molecule has 0 aliphatic rings. The molecule has 0 heterocycles. The molecule has 0 unspecified atom stereocenters. The minimum absolute atomic E-state index is 0.275. The lowest BCUT2D eigenvalue weighted by Gasteiger charge is -2.20. The van der Waals surface area contributed by atoms with E-state index >= 15 is 0 Å². The highest BCUT2D eigenvalue weighted by molar-refractivity contribution is 5.84. The fourth-order valence-electron chi connectivity index (χ4n) is 1.36. The molecule has 4 nitrogen and oxygen atoms in total. The maximum absolute atomic E-state index is 12.3. The van der Waals surface area contributed by atoms with Crippen LogP contribution in [-0.4, -0.2) is 23.0 Å². The second-order valence-corrected chi connectivity index (χ2v) is 5.19. The Hall–Kier alpha value is -1.76. The van der Waals surface area contributed by atoms with E-state index in [2.05, 4.69) is 5.32 Å². The van der Waals surface area contributed by atoms with Crippen molar-refractivity contribution in [3.63, 3.8) is 0 Å². The molecule has 1 aromatic carbocycles. The van der Waals surface area contributed by atoms with Crippen molar-refractivity contribution in [2.24, 2.45) is 0 Å². The van der Waals surface area contributed by atoms with E-state index in [1.807, 2.05) is 0 Å². The van der Waals surface area contributed by atoms with Crippen LogP contribution in [0.3, 0.4) is 0 Å². The molecule has 112 valence electrons. The predicted octanol–water partition coefficient (Wildman–Crippen LogP) is 3.63. The quantitative estimate of drug-likeness (QED) is 0.874. The normalized spacial score (nSPS) is 13.8. The van der Waals surface area contributed by atoms with Crippen molar-refractivity contribution in [2.75, 3.05) is 5.32 Å². The number of aliphatic hydroxyl groups excluding tert-OH is 1. The highest BCUT2D eigenvalue weighted by Crippen LogP contribution is 2.32. The Morgan fingerprint density at radius 1 is 1.20 bits per heavy atom. The van der Waals surface area contributed by atoms with E-state index in [0.29, 0.717) is 0 Å². The number of carbonyl (C=O) groups is 1. The molecule has 0 aromatic heterocycles. The number of hydrogen-bond donors (Lipinski definition) is 2. The van der Waals surface area contributed by atoms with Crippen LogP contribution in [0.5, 0.6) is 0 Å². The standard InChI is InChI=1S/C13H16F3NO3/c1-12(2,3)20-11(19)17-9-6-4-8(5-7-9)10(18)13(14,15)16/h4-7,10,18H,1-3H3,(H,17,19)/t10-/m0/s1. The summed E-state index contributed by atoms with van der Waals surface area (Å²) in [5.41, 5.74) is -0.694. The molecule has 20 heavy (non-hydrogen) atoms. The third-order valence-corrected chi connectivity index (χ3v) is 2.18. The molecule has 0 radical (unpaired) electrons. The molecule has 0 saturated carbocycles. The van der Waals surface area contributed by atoms with Gasteiger partial charge in [-0.1, -0.05) is 12.1 Å². The zero-order valence-corrected chi connectivity index (χ0v) is 11.3. The smallest absolute Gasteiger partial charge is 0.418 e. The lowest BCUT2D eigenvalue weighted by Crippen LogP contribution is -2.27. The van der Waals surface area contributed by atoms with Crippen LogP contribution >= 0.6 is 0 Å². The Labute approximate surface area is 114 Å². The molecule has 0 saturated heterocycles. The Kier molecular flexibility index (Phi) is 4.65. The third-order valence-electron chi connectivity index (χ3n) is 2.18. The summed E-state index contributed by atoms with van der Waals surface area (Å²) in [4.78, 5) is 11.4. The van der Waals surface area contributed by atoms with Gasteiger partial charge in [-0.25, -0.2) is 4.79 Å². The Bertz CT molecular complexity index is 463. The van der Waals surface area contributed by atoms with Gasteiger partial charge in [0.15, 0.2) is 6.10 Å². The summed E-state index contributed by atoms with van der Waals surface area (Å²) < 4.78 is 41.9.